The number of non-ortho nitro benzene ring substituents is 1. The van der Waals surface area contributed by atoms with E-state index in [-0.39, 0.29) is 11.1 Å². The zero-order valence-electron chi connectivity index (χ0n) is 16.4. The molecule has 1 N–H and O–H groups in total. The molecular formula is C21H21N5O3. The van der Waals surface area contributed by atoms with Crippen LogP contribution in [0.4, 0.5) is 5.69 Å². The highest BCUT2D eigenvalue weighted by Gasteiger charge is 2.23. The van der Waals surface area contributed by atoms with Crippen LogP contribution < -0.4 is 5.43 Å². The molecule has 0 fully saturated rings. The molecule has 0 saturated heterocycles. The third-order valence-electron chi connectivity index (χ3n) is 4.17. The molecule has 3 aromatic rings. The minimum Gasteiger partial charge on any atom is -0.266 e. The van der Waals surface area contributed by atoms with Crippen molar-refractivity contribution < 1.29 is 9.72 Å². The number of benzene rings is 2. The van der Waals surface area contributed by atoms with Crippen LogP contribution in [0.1, 0.15) is 42.5 Å². The number of hydrazone groups is 1. The molecule has 3 rings (SSSR count). The molecule has 0 spiro atoms. The average Bonchev–Trinajstić information content (AvgIpc) is 3.15. The fourth-order valence-electron chi connectivity index (χ4n) is 2.62. The van der Waals surface area contributed by atoms with E-state index in [1.165, 1.54) is 18.3 Å². The van der Waals surface area contributed by atoms with Crippen LogP contribution in [0.2, 0.25) is 0 Å². The van der Waals surface area contributed by atoms with Gasteiger partial charge in [0.25, 0.3) is 11.6 Å². The summed E-state index contributed by atoms with van der Waals surface area (Å²) in [6.45, 7) is 6.06. The Hall–Kier alpha value is -3.81. The van der Waals surface area contributed by atoms with E-state index in [0.29, 0.717) is 11.3 Å². The van der Waals surface area contributed by atoms with E-state index in [1.54, 1.807) is 22.9 Å². The van der Waals surface area contributed by atoms with Crippen molar-refractivity contribution in [1.82, 2.24) is 15.2 Å². The van der Waals surface area contributed by atoms with Crippen molar-refractivity contribution in [2.24, 2.45) is 5.10 Å². The molecule has 8 nitrogen and oxygen atoms in total. The Morgan fingerprint density at radius 2 is 1.86 bits per heavy atom. The first-order chi connectivity index (χ1) is 13.8. The molecule has 1 amide bonds. The molecule has 0 atom stereocenters. The van der Waals surface area contributed by atoms with Gasteiger partial charge < -0.3 is 0 Å². The van der Waals surface area contributed by atoms with Crippen molar-refractivity contribution >= 4 is 17.8 Å². The van der Waals surface area contributed by atoms with Crippen LogP contribution in [0.5, 0.6) is 0 Å². The number of carbonyl (C=O) groups is 1. The van der Waals surface area contributed by atoms with Crippen LogP contribution in [-0.4, -0.2) is 26.8 Å². The lowest BCUT2D eigenvalue weighted by atomic mass is 9.92. The Morgan fingerprint density at radius 1 is 1.14 bits per heavy atom. The second kappa shape index (κ2) is 8.05. The Labute approximate surface area is 168 Å². The summed E-state index contributed by atoms with van der Waals surface area (Å²) in [5.41, 5.74) is 4.57. The van der Waals surface area contributed by atoms with Gasteiger partial charge in [0.1, 0.15) is 5.69 Å². The summed E-state index contributed by atoms with van der Waals surface area (Å²) >= 11 is 0. The summed E-state index contributed by atoms with van der Waals surface area (Å²) in [5.74, 6) is -0.432. The van der Waals surface area contributed by atoms with Crippen LogP contribution in [-0.2, 0) is 5.41 Å². The van der Waals surface area contributed by atoms with Gasteiger partial charge in [0.15, 0.2) is 0 Å². The molecule has 0 aliphatic heterocycles. The molecule has 0 aliphatic rings. The van der Waals surface area contributed by atoms with Crippen molar-refractivity contribution in [1.29, 1.82) is 0 Å². The van der Waals surface area contributed by atoms with Crippen molar-refractivity contribution in [2.45, 2.75) is 26.2 Å². The lowest BCUT2D eigenvalue weighted by Crippen LogP contribution is -2.21. The summed E-state index contributed by atoms with van der Waals surface area (Å²) in [6, 6.07) is 17.1. The van der Waals surface area contributed by atoms with E-state index < -0.39 is 10.8 Å². The van der Waals surface area contributed by atoms with E-state index in [4.69, 9.17) is 0 Å². The molecule has 0 bridgehead atoms. The van der Waals surface area contributed by atoms with Gasteiger partial charge >= 0.3 is 0 Å². The van der Waals surface area contributed by atoms with Crippen molar-refractivity contribution in [3.63, 3.8) is 0 Å². The fourth-order valence-corrected chi connectivity index (χ4v) is 2.62. The van der Waals surface area contributed by atoms with Crippen LogP contribution in [0.15, 0.2) is 65.8 Å². The summed E-state index contributed by atoms with van der Waals surface area (Å²) in [6.07, 6.45) is 1.36. The number of nitrogens with one attached hydrogen (secondary N) is 1. The van der Waals surface area contributed by atoms with Crippen LogP contribution in [0.25, 0.3) is 5.69 Å². The molecule has 2 aromatic carbocycles. The van der Waals surface area contributed by atoms with Crippen LogP contribution in [0, 0.1) is 10.1 Å². The van der Waals surface area contributed by atoms with Gasteiger partial charge in [0.2, 0.25) is 0 Å². The third-order valence-corrected chi connectivity index (χ3v) is 4.17. The predicted molar refractivity (Wildman–Crippen MR) is 110 cm³/mol. The van der Waals surface area contributed by atoms with E-state index in [1.807, 2.05) is 51.1 Å². The lowest BCUT2D eigenvalue weighted by Gasteiger charge is -2.14. The van der Waals surface area contributed by atoms with Crippen molar-refractivity contribution in [2.75, 3.05) is 0 Å². The maximum atomic E-state index is 12.8. The smallest absolute Gasteiger partial charge is 0.266 e. The molecule has 1 aromatic heterocycles. The lowest BCUT2D eigenvalue weighted by molar-refractivity contribution is -0.384. The predicted octanol–water partition coefficient (Wildman–Crippen LogP) is 3.84. The topological polar surface area (TPSA) is 102 Å². The SMILES string of the molecule is CC(C)(C)c1cc(C(=O)N/N=C\c2cccc([N+](=O)[O-])c2)n(-c2ccccc2)n1. The zero-order chi connectivity index (χ0) is 21.0. The second-order valence-corrected chi connectivity index (χ2v) is 7.46. The minimum absolute atomic E-state index is 0.0442. The number of amides is 1. The highest BCUT2D eigenvalue weighted by Crippen LogP contribution is 2.23. The van der Waals surface area contributed by atoms with E-state index >= 15 is 0 Å². The Bertz CT molecular complexity index is 1070. The molecule has 0 aliphatic carbocycles. The first-order valence-corrected chi connectivity index (χ1v) is 8.99. The fraction of sp³-hybridized carbons (Fsp3) is 0.190. The molecule has 29 heavy (non-hydrogen) atoms. The Morgan fingerprint density at radius 3 is 2.52 bits per heavy atom. The summed E-state index contributed by atoms with van der Waals surface area (Å²) in [7, 11) is 0. The first kappa shape index (κ1) is 19.9. The van der Waals surface area contributed by atoms with Crippen LogP contribution in [0.3, 0.4) is 0 Å². The normalized spacial score (nSPS) is 11.6. The van der Waals surface area contributed by atoms with Crippen LogP contribution >= 0.6 is 0 Å². The number of rotatable bonds is 5. The van der Waals surface area contributed by atoms with Gasteiger partial charge in [-0.1, -0.05) is 51.1 Å². The molecule has 0 saturated carbocycles. The summed E-state index contributed by atoms with van der Waals surface area (Å²) < 4.78 is 1.58. The quantitative estimate of drug-likeness (QED) is 0.405. The maximum absolute atomic E-state index is 12.8. The summed E-state index contributed by atoms with van der Waals surface area (Å²) in [5, 5.41) is 19.4. The molecule has 148 valence electrons. The van der Waals surface area contributed by atoms with E-state index in [2.05, 4.69) is 15.6 Å². The first-order valence-electron chi connectivity index (χ1n) is 8.99. The van der Waals surface area contributed by atoms with Gasteiger partial charge in [-0.2, -0.15) is 10.2 Å². The number of nitro groups is 1. The van der Waals surface area contributed by atoms with Crippen molar-refractivity contribution in [3.8, 4) is 5.69 Å². The molecular weight excluding hydrogens is 370 g/mol. The number of carbonyl (C=O) groups excluding carboxylic acids is 1. The number of hydrogen-bond donors (Lipinski definition) is 1. The Kier molecular flexibility index (Phi) is 5.54. The summed E-state index contributed by atoms with van der Waals surface area (Å²) in [4.78, 5) is 23.1. The molecule has 8 heteroatoms. The number of nitrogens with zero attached hydrogens (tertiary/aromatic N) is 4. The highest BCUT2D eigenvalue weighted by atomic mass is 16.6. The van der Waals surface area contributed by atoms with Gasteiger partial charge in [0.05, 0.1) is 22.5 Å². The number of aromatic nitrogens is 2. The van der Waals surface area contributed by atoms with Gasteiger partial charge in [-0.25, -0.2) is 10.1 Å². The van der Waals surface area contributed by atoms with E-state index in [0.717, 1.165) is 11.4 Å². The Balaban J connectivity index is 1.86. The largest absolute Gasteiger partial charge is 0.290 e. The number of nitro benzene ring substituents is 1. The molecule has 1 heterocycles. The minimum atomic E-state index is -0.484. The second-order valence-electron chi connectivity index (χ2n) is 7.46. The van der Waals surface area contributed by atoms with Gasteiger partial charge in [-0.3, -0.25) is 14.9 Å². The maximum Gasteiger partial charge on any atom is 0.290 e. The van der Waals surface area contributed by atoms with E-state index in [9.17, 15) is 14.9 Å². The number of hydrogen-bond acceptors (Lipinski definition) is 5. The standard InChI is InChI=1S/C21H21N5O3/c1-21(2,3)19-13-18(25(24-19)16-9-5-4-6-10-16)20(27)23-22-14-15-8-7-11-17(12-15)26(28)29/h4-14H,1-3H3,(H,23,27)/b22-14-. The highest BCUT2D eigenvalue weighted by molar-refractivity contribution is 5.94. The monoisotopic (exact) mass is 391 g/mol. The molecule has 0 radical (unpaired) electrons. The van der Waals surface area contributed by atoms with Crippen molar-refractivity contribution in [3.05, 3.63) is 87.7 Å². The molecule has 0 unspecified atom stereocenters. The average molecular weight is 391 g/mol. The van der Waals surface area contributed by atoms with Gasteiger partial charge in [-0.05, 0) is 18.2 Å². The zero-order valence-corrected chi connectivity index (χ0v) is 16.4. The van der Waals surface area contributed by atoms with Gasteiger partial charge in [-0.15, -0.1) is 0 Å². The van der Waals surface area contributed by atoms with Gasteiger partial charge in [0, 0.05) is 23.1 Å². The number of para-hydroxylation sites is 1. The third kappa shape index (κ3) is 4.73.